The van der Waals surface area contributed by atoms with Gasteiger partial charge in [-0.05, 0) is 37.3 Å². The maximum atomic E-state index is 13.0. The summed E-state index contributed by atoms with van der Waals surface area (Å²) in [4.78, 5) is 4.29. The average molecular weight is 464 g/mol. The van der Waals surface area contributed by atoms with Crippen molar-refractivity contribution in [3.05, 3.63) is 96.7 Å². The van der Waals surface area contributed by atoms with Gasteiger partial charge in [-0.15, -0.1) is 13.2 Å². The van der Waals surface area contributed by atoms with Crippen LogP contribution in [0.4, 0.5) is 18.9 Å². The van der Waals surface area contributed by atoms with Crippen LogP contribution < -0.4 is 5.73 Å². The number of alkyl halides is 3. The number of benzene rings is 2. The summed E-state index contributed by atoms with van der Waals surface area (Å²) in [5, 5.41) is 0. The van der Waals surface area contributed by atoms with Crippen molar-refractivity contribution in [2.45, 2.75) is 18.0 Å². The van der Waals surface area contributed by atoms with E-state index in [1.807, 2.05) is 6.92 Å². The fourth-order valence-electron chi connectivity index (χ4n) is 2.67. The van der Waals surface area contributed by atoms with Gasteiger partial charge in [0.15, 0.2) is 0 Å². The molecule has 2 rings (SSSR count). The molecule has 32 heavy (non-hydrogen) atoms. The van der Waals surface area contributed by atoms with E-state index in [2.05, 4.69) is 18.2 Å². The van der Waals surface area contributed by atoms with E-state index < -0.39 is 21.9 Å². The topological polar surface area (TPSA) is 75.8 Å². The Hall–Kier alpha value is -3.17. The number of hydrogen-bond donors (Lipinski definition) is 1. The van der Waals surface area contributed by atoms with E-state index in [4.69, 9.17) is 5.73 Å². The first-order chi connectivity index (χ1) is 15.0. The van der Waals surface area contributed by atoms with Crippen molar-refractivity contribution in [2.75, 3.05) is 13.1 Å². The van der Waals surface area contributed by atoms with Crippen LogP contribution in [-0.2, 0) is 10.0 Å². The first kappa shape index (κ1) is 25.1. The van der Waals surface area contributed by atoms with Crippen LogP contribution in [0.25, 0.3) is 0 Å². The third-order valence-electron chi connectivity index (χ3n) is 4.36. The lowest BCUT2D eigenvalue weighted by molar-refractivity contribution is -0.0925. The summed E-state index contributed by atoms with van der Waals surface area (Å²) in [5.41, 5.74) is 5.53. The third kappa shape index (κ3) is 6.41. The molecule has 5 nitrogen and oxygen atoms in total. The predicted molar refractivity (Wildman–Crippen MR) is 121 cm³/mol. The molecule has 0 radical (unpaired) electrons. The summed E-state index contributed by atoms with van der Waals surface area (Å²) in [6.07, 6.45) is -1.02. The summed E-state index contributed by atoms with van der Waals surface area (Å²) >= 11 is 0. The second kappa shape index (κ2) is 10.4. The largest absolute Gasteiger partial charge is 0.430 e. The van der Waals surface area contributed by atoms with Crippen molar-refractivity contribution in [1.29, 1.82) is 0 Å². The van der Waals surface area contributed by atoms with Crippen molar-refractivity contribution < 1.29 is 21.6 Å². The van der Waals surface area contributed by atoms with Crippen molar-refractivity contribution in [3.63, 3.8) is 0 Å². The number of aliphatic imine (C=N–C) groups is 1. The molecule has 170 valence electrons. The Kier molecular flexibility index (Phi) is 8.18. The van der Waals surface area contributed by atoms with Gasteiger partial charge in [-0.25, -0.2) is 13.4 Å². The Balaban J connectivity index is 2.48. The van der Waals surface area contributed by atoms with Crippen LogP contribution in [0.15, 0.2) is 95.5 Å². The lowest BCUT2D eigenvalue weighted by atomic mass is 10.1. The first-order valence-corrected chi connectivity index (χ1v) is 10.9. The Morgan fingerprint density at radius 1 is 1.03 bits per heavy atom. The van der Waals surface area contributed by atoms with Gasteiger partial charge in [-0.3, -0.25) is 0 Å². The number of nitrogens with zero attached hydrogens (tertiary/aromatic N) is 2. The normalized spacial score (nSPS) is 13.3. The highest BCUT2D eigenvalue weighted by atomic mass is 32.2. The Labute approximate surface area is 186 Å². The van der Waals surface area contributed by atoms with Crippen LogP contribution in [0.2, 0.25) is 0 Å². The summed E-state index contributed by atoms with van der Waals surface area (Å²) in [6, 6.07) is 12.3. The molecule has 0 amide bonds. The molecular formula is C23H24F3N3O2S. The second-order valence-electron chi connectivity index (χ2n) is 6.85. The van der Waals surface area contributed by atoms with Gasteiger partial charge in [-0.1, -0.05) is 42.0 Å². The molecule has 9 heteroatoms. The molecule has 0 unspecified atom stereocenters. The zero-order chi connectivity index (χ0) is 23.9. The van der Waals surface area contributed by atoms with E-state index >= 15 is 0 Å². The van der Waals surface area contributed by atoms with Gasteiger partial charge in [0.25, 0.3) is 0 Å². The number of sulfonamides is 1. The van der Waals surface area contributed by atoms with Crippen LogP contribution in [0, 0.1) is 6.92 Å². The zero-order valence-corrected chi connectivity index (χ0v) is 18.3. The van der Waals surface area contributed by atoms with Crippen molar-refractivity contribution in [2.24, 2.45) is 10.7 Å². The van der Waals surface area contributed by atoms with Gasteiger partial charge < -0.3 is 5.73 Å². The maximum Gasteiger partial charge on any atom is 0.430 e. The van der Waals surface area contributed by atoms with E-state index in [0.29, 0.717) is 5.56 Å². The fourth-order valence-corrected chi connectivity index (χ4v) is 4.05. The maximum absolute atomic E-state index is 13.0. The molecular weight excluding hydrogens is 439 g/mol. The minimum Gasteiger partial charge on any atom is -0.395 e. The van der Waals surface area contributed by atoms with Gasteiger partial charge in [-0.2, -0.15) is 17.5 Å². The van der Waals surface area contributed by atoms with E-state index in [0.717, 1.165) is 11.6 Å². The Morgan fingerprint density at radius 3 is 2.03 bits per heavy atom. The van der Waals surface area contributed by atoms with E-state index in [1.54, 1.807) is 24.3 Å². The smallest absolute Gasteiger partial charge is 0.395 e. The minimum atomic E-state index is -4.71. The van der Waals surface area contributed by atoms with Gasteiger partial charge in [0.05, 0.1) is 16.3 Å². The first-order valence-electron chi connectivity index (χ1n) is 9.51. The highest BCUT2D eigenvalue weighted by molar-refractivity contribution is 7.89. The molecule has 2 aromatic rings. The SMILES string of the molecule is C=CCN(CC=C)S(=O)(=O)c1ccc(N=C(/C=C(\N)C(F)(F)F)c2ccc(C)cc2)cc1. The standard InChI is InChI=1S/C23H24F3N3O2S/c1-4-14-29(15-5-2)32(30,31)20-12-10-19(11-13-20)28-21(16-22(27)23(24,25)26)18-8-6-17(3)7-9-18/h4-13,16H,1-2,14-15,27H2,3H3/b22-16-,28-21?. The van der Waals surface area contributed by atoms with Crippen LogP contribution >= 0.6 is 0 Å². The lowest BCUT2D eigenvalue weighted by Gasteiger charge is -2.19. The second-order valence-corrected chi connectivity index (χ2v) is 8.79. The quantitative estimate of drug-likeness (QED) is 0.425. The van der Waals surface area contributed by atoms with Crippen LogP contribution in [0.5, 0.6) is 0 Å². The number of halogens is 3. The number of rotatable bonds is 9. The molecule has 0 fully saturated rings. The van der Waals surface area contributed by atoms with Crippen LogP contribution in [0.1, 0.15) is 11.1 Å². The molecule has 0 aromatic heterocycles. The number of aryl methyl sites for hydroxylation is 1. The molecule has 0 heterocycles. The molecule has 2 aromatic carbocycles. The molecule has 0 spiro atoms. The molecule has 0 aliphatic rings. The Morgan fingerprint density at radius 2 is 1.56 bits per heavy atom. The molecule has 0 aliphatic heterocycles. The van der Waals surface area contributed by atoms with Crippen LogP contribution in [0.3, 0.4) is 0 Å². The predicted octanol–water partition coefficient (Wildman–Crippen LogP) is 4.88. The monoisotopic (exact) mass is 463 g/mol. The summed E-state index contributed by atoms with van der Waals surface area (Å²) in [6.45, 7) is 9.17. The van der Waals surface area contributed by atoms with Crippen molar-refractivity contribution >= 4 is 21.4 Å². The fraction of sp³-hybridized carbons (Fsp3) is 0.174. The molecule has 0 aliphatic carbocycles. The Bertz CT molecular complexity index is 1110. The van der Waals surface area contributed by atoms with Crippen molar-refractivity contribution in [1.82, 2.24) is 4.31 Å². The minimum absolute atomic E-state index is 0.00428. The zero-order valence-electron chi connectivity index (χ0n) is 17.5. The third-order valence-corrected chi connectivity index (χ3v) is 6.20. The number of hydrogen-bond acceptors (Lipinski definition) is 4. The van der Waals surface area contributed by atoms with E-state index in [9.17, 15) is 21.6 Å². The van der Waals surface area contributed by atoms with Gasteiger partial charge in [0.1, 0.15) is 5.70 Å². The van der Waals surface area contributed by atoms with E-state index in [1.165, 1.54) is 40.7 Å². The van der Waals surface area contributed by atoms with Gasteiger partial charge in [0, 0.05) is 18.7 Å². The molecule has 0 bridgehead atoms. The summed E-state index contributed by atoms with van der Waals surface area (Å²) in [5.74, 6) is 0. The molecule has 0 saturated carbocycles. The number of allylic oxidation sites excluding steroid dienone is 2. The van der Waals surface area contributed by atoms with Gasteiger partial charge >= 0.3 is 6.18 Å². The molecule has 0 saturated heterocycles. The number of nitrogens with two attached hydrogens (primary N) is 1. The van der Waals surface area contributed by atoms with Crippen LogP contribution in [-0.4, -0.2) is 37.7 Å². The highest BCUT2D eigenvalue weighted by Gasteiger charge is 2.31. The van der Waals surface area contributed by atoms with Gasteiger partial charge in [0.2, 0.25) is 10.0 Å². The lowest BCUT2D eigenvalue weighted by Crippen LogP contribution is -2.31. The van der Waals surface area contributed by atoms with Crippen molar-refractivity contribution in [3.8, 4) is 0 Å². The molecule has 0 atom stereocenters. The highest BCUT2D eigenvalue weighted by Crippen LogP contribution is 2.24. The summed E-state index contributed by atoms with van der Waals surface area (Å²) in [7, 11) is -3.80. The average Bonchev–Trinajstić information content (AvgIpc) is 2.73. The molecule has 2 N–H and O–H groups in total. The van der Waals surface area contributed by atoms with E-state index in [-0.39, 0.29) is 29.4 Å². The summed E-state index contributed by atoms with van der Waals surface area (Å²) < 4.78 is 65.7.